The van der Waals surface area contributed by atoms with E-state index in [4.69, 9.17) is 10.5 Å². The Balaban J connectivity index is 2.14. The lowest BCUT2D eigenvalue weighted by atomic mass is 9.82. The Labute approximate surface area is 115 Å². The van der Waals surface area contributed by atoms with Crippen molar-refractivity contribution < 1.29 is 4.74 Å². The SMILES string of the molecule is CC1CC(CN)(N(C)Cc2nccn2C)CC(C)O1. The smallest absolute Gasteiger partial charge is 0.122 e. The maximum Gasteiger partial charge on any atom is 0.122 e. The fourth-order valence-electron chi connectivity index (χ4n) is 3.21. The van der Waals surface area contributed by atoms with Gasteiger partial charge in [-0.3, -0.25) is 4.90 Å². The quantitative estimate of drug-likeness (QED) is 0.888. The van der Waals surface area contributed by atoms with Crippen LogP contribution in [0.4, 0.5) is 0 Å². The summed E-state index contributed by atoms with van der Waals surface area (Å²) in [7, 11) is 4.17. The van der Waals surface area contributed by atoms with Gasteiger partial charge in [-0.15, -0.1) is 0 Å². The molecule has 0 spiro atoms. The van der Waals surface area contributed by atoms with Gasteiger partial charge < -0.3 is 15.0 Å². The molecule has 5 heteroatoms. The fraction of sp³-hybridized carbons (Fsp3) is 0.786. The normalized spacial score (nSPS) is 31.9. The number of imidazole rings is 1. The molecule has 1 aliphatic rings. The fourth-order valence-corrected chi connectivity index (χ4v) is 3.21. The van der Waals surface area contributed by atoms with Gasteiger partial charge in [-0.25, -0.2) is 4.98 Å². The Hall–Kier alpha value is -0.910. The first-order valence-electron chi connectivity index (χ1n) is 7.00. The predicted molar refractivity (Wildman–Crippen MR) is 75.7 cm³/mol. The highest BCUT2D eigenvalue weighted by molar-refractivity contribution is 5.00. The van der Waals surface area contributed by atoms with Crippen molar-refractivity contribution >= 4 is 0 Å². The molecule has 1 aromatic rings. The molecule has 1 aromatic heterocycles. The van der Waals surface area contributed by atoms with E-state index >= 15 is 0 Å². The van der Waals surface area contributed by atoms with Crippen LogP contribution in [0.3, 0.4) is 0 Å². The molecule has 0 saturated carbocycles. The zero-order chi connectivity index (χ0) is 14.0. The molecule has 2 rings (SSSR count). The maximum atomic E-state index is 6.11. The predicted octanol–water partition coefficient (Wildman–Crippen LogP) is 1.14. The van der Waals surface area contributed by atoms with Crippen molar-refractivity contribution in [2.75, 3.05) is 13.6 Å². The average Bonchev–Trinajstić information content (AvgIpc) is 2.73. The summed E-state index contributed by atoms with van der Waals surface area (Å²) in [6, 6.07) is 0. The summed E-state index contributed by atoms with van der Waals surface area (Å²) in [4.78, 5) is 6.76. The number of aryl methyl sites for hydroxylation is 1. The zero-order valence-electron chi connectivity index (χ0n) is 12.5. The average molecular weight is 266 g/mol. The summed E-state index contributed by atoms with van der Waals surface area (Å²) in [5, 5.41) is 0. The summed E-state index contributed by atoms with van der Waals surface area (Å²) < 4.78 is 7.91. The van der Waals surface area contributed by atoms with E-state index in [9.17, 15) is 0 Å². The van der Waals surface area contributed by atoms with Gasteiger partial charge in [-0.2, -0.15) is 0 Å². The summed E-state index contributed by atoms with van der Waals surface area (Å²) >= 11 is 0. The second-order valence-corrected chi connectivity index (χ2v) is 5.90. The Bertz CT molecular complexity index is 407. The van der Waals surface area contributed by atoms with Crippen molar-refractivity contribution in [3.8, 4) is 0 Å². The molecule has 2 N–H and O–H groups in total. The number of rotatable bonds is 4. The van der Waals surface area contributed by atoms with Gasteiger partial charge >= 0.3 is 0 Å². The highest BCUT2D eigenvalue weighted by Crippen LogP contribution is 2.33. The minimum atomic E-state index is 0.0169. The minimum Gasteiger partial charge on any atom is -0.375 e. The van der Waals surface area contributed by atoms with E-state index < -0.39 is 0 Å². The van der Waals surface area contributed by atoms with Crippen molar-refractivity contribution in [1.29, 1.82) is 0 Å². The number of likely N-dealkylation sites (N-methyl/N-ethyl adjacent to an activating group) is 1. The topological polar surface area (TPSA) is 56.3 Å². The Morgan fingerprint density at radius 1 is 1.47 bits per heavy atom. The molecule has 2 unspecified atom stereocenters. The number of nitrogens with two attached hydrogens (primary N) is 1. The lowest BCUT2D eigenvalue weighted by Crippen LogP contribution is -2.58. The third kappa shape index (κ3) is 2.99. The molecule has 2 heterocycles. The first-order valence-corrected chi connectivity index (χ1v) is 7.00. The Morgan fingerprint density at radius 2 is 2.11 bits per heavy atom. The summed E-state index contributed by atoms with van der Waals surface area (Å²) in [5.41, 5.74) is 6.12. The van der Waals surface area contributed by atoms with Crippen LogP contribution >= 0.6 is 0 Å². The standard InChI is InChI=1S/C14H26N4O/c1-11-7-14(10-15,8-12(2)19-11)18(4)9-13-16-5-6-17(13)3/h5-6,11-12H,7-10,15H2,1-4H3. The highest BCUT2D eigenvalue weighted by Gasteiger charge is 2.40. The molecular formula is C14H26N4O. The highest BCUT2D eigenvalue weighted by atomic mass is 16.5. The number of hydrogen-bond donors (Lipinski definition) is 1. The van der Waals surface area contributed by atoms with Gasteiger partial charge in [0.15, 0.2) is 0 Å². The van der Waals surface area contributed by atoms with Crippen molar-refractivity contribution in [1.82, 2.24) is 14.5 Å². The second-order valence-electron chi connectivity index (χ2n) is 5.90. The van der Waals surface area contributed by atoms with Gasteiger partial charge in [0.05, 0.1) is 18.8 Å². The van der Waals surface area contributed by atoms with Crippen molar-refractivity contribution in [3.63, 3.8) is 0 Å². The van der Waals surface area contributed by atoms with E-state index in [2.05, 4.69) is 35.3 Å². The second kappa shape index (κ2) is 5.61. The zero-order valence-corrected chi connectivity index (χ0v) is 12.5. The first kappa shape index (κ1) is 14.5. The molecule has 1 saturated heterocycles. The van der Waals surface area contributed by atoms with Gasteiger partial charge in [0.1, 0.15) is 5.82 Å². The lowest BCUT2D eigenvalue weighted by molar-refractivity contribution is -0.0999. The van der Waals surface area contributed by atoms with Crippen molar-refractivity contribution in [2.24, 2.45) is 12.8 Å². The van der Waals surface area contributed by atoms with Crippen LogP contribution in [0, 0.1) is 0 Å². The number of aromatic nitrogens is 2. The van der Waals surface area contributed by atoms with E-state index in [1.807, 2.05) is 19.4 Å². The van der Waals surface area contributed by atoms with Gasteiger partial charge in [0.25, 0.3) is 0 Å². The third-order valence-corrected chi connectivity index (χ3v) is 4.29. The third-order valence-electron chi connectivity index (χ3n) is 4.29. The van der Waals surface area contributed by atoms with Crippen LogP contribution in [0.15, 0.2) is 12.4 Å². The van der Waals surface area contributed by atoms with Gasteiger partial charge in [0.2, 0.25) is 0 Å². The van der Waals surface area contributed by atoms with Gasteiger partial charge in [-0.1, -0.05) is 0 Å². The largest absolute Gasteiger partial charge is 0.375 e. The Kier molecular flexibility index (Phi) is 4.28. The lowest BCUT2D eigenvalue weighted by Gasteiger charge is -2.48. The number of nitrogens with zero attached hydrogens (tertiary/aromatic N) is 3. The van der Waals surface area contributed by atoms with Crippen LogP contribution in [-0.2, 0) is 18.3 Å². The first-order chi connectivity index (χ1) is 8.97. The van der Waals surface area contributed by atoms with Crippen LogP contribution in [0.1, 0.15) is 32.5 Å². The molecule has 5 nitrogen and oxygen atoms in total. The molecule has 1 fully saturated rings. The Morgan fingerprint density at radius 3 is 2.58 bits per heavy atom. The van der Waals surface area contributed by atoms with E-state index in [0.29, 0.717) is 6.54 Å². The molecule has 2 atom stereocenters. The van der Waals surface area contributed by atoms with Crippen LogP contribution in [0.5, 0.6) is 0 Å². The summed E-state index contributed by atoms with van der Waals surface area (Å²) in [5.74, 6) is 1.07. The minimum absolute atomic E-state index is 0.0169. The van der Waals surface area contributed by atoms with Crippen molar-refractivity contribution in [3.05, 3.63) is 18.2 Å². The monoisotopic (exact) mass is 266 g/mol. The molecule has 0 bridgehead atoms. The van der Waals surface area contributed by atoms with E-state index in [-0.39, 0.29) is 17.7 Å². The molecule has 0 radical (unpaired) electrons. The van der Waals surface area contributed by atoms with Gasteiger partial charge in [-0.05, 0) is 33.7 Å². The molecule has 19 heavy (non-hydrogen) atoms. The van der Waals surface area contributed by atoms with E-state index in [0.717, 1.165) is 25.2 Å². The number of ether oxygens (including phenoxy) is 1. The van der Waals surface area contributed by atoms with Crippen LogP contribution in [0.25, 0.3) is 0 Å². The summed E-state index contributed by atoms with van der Waals surface area (Å²) in [6.07, 6.45) is 6.30. The van der Waals surface area contributed by atoms with Crippen LogP contribution < -0.4 is 5.73 Å². The molecule has 1 aliphatic heterocycles. The molecule has 0 amide bonds. The molecule has 108 valence electrons. The molecular weight excluding hydrogens is 240 g/mol. The number of hydrogen-bond acceptors (Lipinski definition) is 4. The van der Waals surface area contributed by atoms with Crippen molar-refractivity contribution in [2.45, 2.75) is 51.0 Å². The summed E-state index contributed by atoms with van der Waals surface area (Å²) in [6.45, 7) is 5.75. The molecule has 0 aliphatic carbocycles. The molecule has 0 aromatic carbocycles. The van der Waals surface area contributed by atoms with E-state index in [1.165, 1.54) is 0 Å². The van der Waals surface area contributed by atoms with Crippen LogP contribution in [-0.4, -0.2) is 45.8 Å². The van der Waals surface area contributed by atoms with Gasteiger partial charge in [0, 0.05) is 31.5 Å². The van der Waals surface area contributed by atoms with E-state index in [1.54, 1.807) is 0 Å². The van der Waals surface area contributed by atoms with Crippen LogP contribution in [0.2, 0.25) is 0 Å². The maximum absolute atomic E-state index is 6.11.